The van der Waals surface area contributed by atoms with E-state index in [1.807, 2.05) is 50.2 Å². The highest BCUT2D eigenvalue weighted by Crippen LogP contribution is 2.49. The summed E-state index contributed by atoms with van der Waals surface area (Å²) >= 11 is 9.95. The summed E-state index contributed by atoms with van der Waals surface area (Å²) in [6.07, 6.45) is 1.41. The third-order valence-corrected chi connectivity index (χ3v) is 8.36. The van der Waals surface area contributed by atoms with E-state index in [4.69, 9.17) is 22.1 Å². The smallest absolute Gasteiger partial charge is 0.271 e. The van der Waals surface area contributed by atoms with Crippen molar-refractivity contribution >= 4 is 44.7 Å². The number of ether oxygens (including phenoxy) is 1. The van der Waals surface area contributed by atoms with Crippen LogP contribution in [0.15, 0.2) is 81.7 Å². The number of allylic oxidation sites excluding steroid dienone is 3. The molecule has 2 N–H and O–H groups in total. The maximum atomic E-state index is 13.6. The fourth-order valence-electron chi connectivity index (χ4n) is 5.56. The van der Waals surface area contributed by atoms with E-state index < -0.39 is 10.8 Å². The molecule has 0 bridgehead atoms. The first-order valence-corrected chi connectivity index (χ1v) is 14.2. The Morgan fingerprint density at radius 1 is 1.17 bits per heavy atom. The van der Waals surface area contributed by atoms with Gasteiger partial charge in [-0.1, -0.05) is 45.2 Å². The van der Waals surface area contributed by atoms with Gasteiger partial charge in [-0.15, -0.1) is 0 Å². The Morgan fingerprint density at radius 2 is 1.90 bits per heavy atom. The molecule has 208 valence electrons. The lowest BCUT2D eigenvalue weighted by Gasteiger charge is -2.40. The topological polar surface area (TPSA) is 122 Å². The van der Waals surface area contributed by atoms with Crippen molar-refractivity contribution in [1.29, 1.82) is 5.26 Å². The van der Waals surface area contributed by atoms with Crippen LogP contribution in [0.4, 0.5) is 11.4 Å². The van der Waals surface area contributed by atoms with Crippen molar-refractivity contribution in [1.82, 2.24) is 0 Å². The fourth-order valence-corrected chi connectivity index (χ4v) is 6.03. The molecule has 8 nitrogen and oxygen atoms in total. The van der Waals surface area contributed by atoms with E-state index in [0.29, 0.717) is 42.9 Å². The summed E-state index contributed by atoms with van der Waals surface area (Å²) < 4.78 is 7.02. The molecule has 3 aromatic carbocycles. The predicted molar refractivity (Wildman–Crippen MR) is 160 cm³/mol. The van der Waals surface area contributed by atoms with E-state index >= 15 is 0 Å². The Hall–Kier alpha value is -4.13. The number of nitriles is 1. The number of benzene rings is 3. The van der Waals surface area contributed by atoms with Gasteiger partial charge in [-0.05, 0) is 73.7 Å². The minimum atomic E-state index is -0.692. The van der Waals surface area contributed by atoms with E-state index in [-0.39, 0.29) is 33.6 Å². The molecular formula is C31H26BrClN4O4. The predicted octanol–water partition coefficient (Wildman–Crippen LogP) is 7.51. The average Bonchev–Trinajstić information content (AvgIpc) is 2.94. The molecule has 3 aromatic rings. The minimum Gasteiger partial charge on any atom is -0.489 e. The molecule has 1 atom stereocenters. The van der Waals surface area contributed by atoms with Gasteiger partial charge in [-0.25, -0.2) is 0 Å². The number of nitro benzene ring substituents is 1. The highest BCUT2D eigenvalue weighted by atomic mass is 79.9. The van der Waals surface area contributed by atoms with Crippen LogP contribution in [0.3, 0.4) is 0 Å². The highest BCUT2D eigenvalue weighted by molar-refractivity contribution is 9.10. The third kappa shape index (κ3) is 5.33. The number of hydrogen-bond donors (Lipinski definition) is 1. The molecule has 41 heavy (non-hydrogen) atoms. The number of rotatable bonds is 6. The van der Waals surface area contributed by atoms with E-state index in [2.05, 4.69) is 22.0 Å². The molecule has 0 fully saturated rings. The maximum Gasteiger partial charge on any atom is 0.271 e. The number of ketones is 1. The van der Waals surface area contributed by atoms with Gasteiger partial charge < -0.3 is 10.5 Å². The van der Waals surface area contributed by atoms with Crippen molar-refractivity contribution in [2.75, 3.05) is 4.90 Å². The van der Waals surface area contributed by atoms with Gasteiger partial charge in [-0.3, -0.25) is 19.8 Å². The van der Waals surface area contributed by atoms with Crippen LogP contribution in [0.2, 0.25) is 5.02 Å². The molecule has 10 heteroatoms. The average molecular weight is 634 g/mol. The van der Waals surface area contributed by atoms with E-state index in [0.717, 1.165) is 26.7 Å². The molecule has 0 spiro atoms. The van der Waals surface area contributed by atoms with Gasteiger partial charge in [-0.2, -0.15) is 5.26 Å². The SMILES string of the molecule is Cc1cc(COc2ccc(Br)cc2)c(C)c(C2C(C#N)=C(N)N(c3cc([N+](=O)[O-])ccc3Cl)C3=C2C(=O)CCC3)c1. The number of anilines is 1. The summed E-state index contributed by atoms with van der Waals surface area (Å²) in [4.78, 5) is 26.2. The zero-order valence-electron chi connectivity index (χ0n) is 22.4. The molecule has 1 aliphatic heterocycles. The number of carbonyl (C=O) groups is 1. The number of aryl methyl sites for hydroxylation is 1. The Morgan fingerprint density at radius 3 is 2.59 bits per heavy atom. The largest absolute Gasteiger partial charge is 0.489 e. The lowest BCUT2D eigenvalue weighted by molar-refractivity contribution is -0.384. The molecule has 0 aromatic heterocycles. The van der Waals surface area contributed by atoms with Crippen molar-refractivity contribution in [2.24, 2.45) is 5.73 Å². The van der Waals surface area contributed by atoms with Crippen LogP contribution >= 0.6 is 27.5 Å². The standard InChI is InChI=1S/C31H26BrClN4O4/c1-17-12-19(16-41-22-9-6-20(32)7-10-22)18(2)23(13-17)29-24(15-34)31(35)36(26-4-3-5-28(38)30(26)29)27-14-21(37(39)40)8-11-25(27)33/h6-14,29H,3-5,16,35H2,1-2H3. The van der Waals surface area contributed by atoms with Crippen molar-refractivity contribution in [3.05, 3.63) is 119 Å². The summed E-state index contributed by atoms with van der Waals surface area (Å²) in [7, 11) is 0. The normalized spacial score (nSPS) is 16.9. The van der Waals surface area contributed by atoms with Crippen molar-refractivity contribution < 1.29 is 14.5 Å². The molecule has 0 amide bonds. The Balaban J connectivity index is 1.66. The second kappa shape index (κ2) is 11.4. The first-order chi connectivity index (χ1) is 19.6. The number of hydrogen-bond acceptors (Lipinski definition) is 7. The van der Waals surface area contributed by atoms with Crippen molar-refractivity contribution in [3.8, 4) is 11.8 Å². The molecule has 0 saturated heterocycles. The summed E-state index contributed by atoms with van der Waals surface area (Å²) in [5.41, 5.74) is 11.6. The van der Waals surface area contributed by atoms with E-state index in [1.54, 1.807) is 4.90 Å². The second-order valence-electron chi connectivity index (χ2n) is 10.1. The first kappa shape index (κ1) is 28.4. The Kier molecular flexibility index (Phi) is 7.89. The number of carbonyl (C=O) groups excluding carboxylic acids is 1. The van der Waals surface area contributed by atoms with Crippen molar-refractivity contribution in [3.63, 3.8) is 0 Å². The number of halogens is 2. The van der Waals surface area contributed by atoms with Gasteiger partial charge in [0.05, 0.1) is 33.2 Å². The Bertz CT molecular complexity index is 1690. The summed E-state index contributed by atoms with van der Waals surface area (Å²) in [6.45, 7) is 4.21. The molecule has 0 radical (unpaired) electrons. The molecular weight excluding hydrogens is 608 g/mol. The van der Waals surface area contributed by atoms with E-state index in [1.165, 1.54) is 18.2 Å². The molecule has 1 heterocycles. The van der Waals surface area contributed by atoms with Gasteiger partial charge >= 0.3 is 0 Å². The summed E-state index contributed by atoms with van der Waals surface area (Å²) in [5, 5.41) is 22.2. The maximum absolute atomic E-state index is 13.6. The summed E-state index contributed by atoms with van der Waals surface area (Å²) in [5.74, 6) is 0.0356. The highest BCUT2D eigenvalue weighted by Gasteiger charge is 2.41. The molecule has 2 aliphatic rings. The number of non-ortho nitro benzene ring substituents is 1. The van der Waals surface area contributed by atoms with Crippen LogP contribution in [-0.4, -0.2) is 10.7 Å². The van der Waals surface area contributed by atoms with Crippen molar-refractivity contribution in [2.45, 2.75) is 45.6 Å². The van der Waals surface area contributed by atoms with Gasteiger partial charge in [0.1, 0.15) is 18.2 Å². The minimum absolute atomic E-state index is 0.0865. The third-order valence-electron chi connectivity index (χ3n) is 7.51. The lowest BCUT2D eigenvalue weighted by Crippen LogP contribution is -2.39. The monoisotopic (exact) mass is 632 g/mol. The zero-order chi connectivity index (χ0) is 29.4. The van der Waals surface area contributed by atoms with E-state index in [9.17, 15) is 20.2 Å². The fraction of sp³-hybridized carbons (Fsp3) is 0.226. The quantitative estimate of drug-likeness (QED) is 0.220. The molecule has 1 aliphatic carbocycles. The zero-order valence-corrected chi connectivity index (χ0v) is 24.8. The number of Topliss-reactive ketones (excluding diaryl/α,β-unsaturated/α-hetero) is 1. The van der Waals surface area contributed by atoms with Crippen LogP contribution in [0.1, 0.15) is 47.4 Å². The molecule has 5 rings (SSSR count). The summed E-state index contributed by atoms with van der Waals surface area (Å²) in [6, 6.07) is 17.9. The molecule has 0 saturated carbocycles. The Labute approximate surface area is 250 Å². The number of nitrogens with two attached hydrogens (primary N) is 1. The van der Waals surface area contributed by atoms with Crippen LogP contribution in [-0.2, 0) is 11.4 Å². The van der Waals surface area contributed by atoms with Crippen LogP contribution < -0.4 is 15.4 Å². The van der Waals surface area contributed by atoms with Crippen LogP contribution in [0.5, 0.6) is 5.75 Å². The number of nitrogens with zero attached hydrogens (tertiary/aromatic N) is 3. The first-order valence-electron chi connectivity index (χ1n) is 13.0. The lowest BCUT2D eigenvalue weighted by atomic mass is 9.73. The van der Waals surface area contributed by atoms with Crippen LogP contribution in [0.25, 0.3) is 0 Å². The van der Waals surface area contributed by atoms with Gasteiger partial charge in [0.15, 0.2) is 5.78 Å². The van der Waals surface area contributed by atoms with Gasteiger partial charge in [0.2, 0.25) is 0 Å². The second-order valence-corrected chi connectivity index (χ2v) is 11.4. The van der Waals surface area contributed by atoms with Gasteiger partial charge in [0.25, 0.3) is 5.69 Å². The van der Waals surface area contributed by atoms with Crippen LogP contribution in [0, 0.1) is 35.3 Å². The molecule has 1 unspecified atom stereocenters. The van der Waals surface area contributed by atoms with Gasteiger partial charge in [0, 0.05) is 34.3 Å². The number of nitro groups is 1.